The number of rotatable bonds is 5. The number of hydrogen-bond donors (Lipinski definition) is 4. The number of ether oxygens (including phenoxy) is 3. The molecule has 0 amide bonds. The molecule has 0 unspecified atom stereocenters. The monoisotopic (exact) mass is 514 g/mol. The molecule has 10 heteroatoms. The minimum atomic E-state index is -0.906. The Labute approximate surface area is 213 Å². The van der Waals surface area contributed by atoms with Gasteiger partial charge in [0.05, 0.1) is 22.2 Å². The Balaban J connectivity index is 1.37. The van der Waals surface area contributed by atoms with Gasteiger partial charge in [-0.05, 0) is 36.4 Å². The van der Waals surface area contributed by atoms with E-state index in [4.69, 9.17) is 54.3 Å². The van der Waals surface area contributed by atoms with Crippen molar-refractivity contribution in [1.29, 1.82) is 0 Å². The first-order valence-electron chi connectivity index (χ1n) is 11.3. The van der Waals surface area contributed by atoms with Crippen molar-refractivity contribution in [2.45, 2.75) is 31.5 Å². The van der Waals surface area contributed by atoms with Crippen LogP contribution in [0.1, 0.15) is 41.3 Å². The van der Waals surface area contributed by atoms with Gasteiger partial charge in [-0.2, -0.15) is 0 Å². The number of nitrogens with one attached hydrogen (secondary N) is 1. The Bertz CT molecular complexity index is 1260. The molecule has 0 radical (unpaired) electrons. The highest BCUT2D eigenvalue weighted by molar-refractivity contribution is 6.35. The number of nitrogen functional groups attached to an aromatic ring is 1. The maximum absolute atomic E-state index is 6.56. The third-order valence-corrected chi connectivity index (χ3v) is 6.88. The summed E-state index contributed by atoms with van der Waals surface area (Å²) < 4.78 is 18.3. The van der Waals surface area contributed by atoms with E-state index in [1.807, 2.05) is 18.2 Å². The normalized spacial score (nSPS) is 17.3. The van der Waals surface area contributed by atoms with Gasteiger partial charge in [-0.1, -0.05) is 23.2 Å². The third kappa shape index (κ3) is 4.80. The quantitative estimate of drug-likeness (QED) is 0.234. The molecule has 0 bridgehead atoms. The predicted molar refractivity (Wildman–Crippen MR) is 134 cm³/mol. The van der Waals surface area contributed by atoms with Gasteiger partial charge in [0.1, 0.15) is 11.5 Å². The molecule has 7 N–H and O–H groups in total. The predicted octanol–water partition coefficient (Wildman–Crippen LogP) is 2.59. The standard InChI is InChI=1S/C25H25Cl2N5O3/c26-18-11-32-12-19(27)22(18)24(30)34-16-2-3-20(28)17(10-16)23(29)14-1-4-21-15(9-14)13-33-25(35-21)5-7-31-8-6-25/h1-4,9-12,24,29,31H,5-8,13,28,30H2/p+1/t24-/m0/s1. The van der Waals surface area contributed by atoms with Gasteiger partial charge in [0.25, 0.3) is 0 Å². The van der Waals surface area contributed by atoms with E-state index in [0.717, 1.165) is 42.8 Å². The van der Waals surface area contributed by atoms with Gasteiger partial charge in [-0.3, -0.25) is 16.1 Å². The van der Waals surface area contributed by atoms with Gasteiger partial charge >= 0.3 is 0 Å². The highest BCUT2D eigenvalue weighted by Crippen LogP contribution is 2.37. The number of benzene rings is 2. The summed E-state index contributed by atoms with van der Waals surface area (Å²) in [6.45, 7) is 2.20. The Morgan fingerprint density at radius 2 is 1.86 bits per heavy atom. The van der Waals surface area contributed by atoms with Gasteiger partial charge in [0.2, 0.25) is 11.5 Å². The Morgan fingerprint density at radius 3 is 2.60 bits per heavy atom. The summed E-state index contributed by atoms with van der Waals surface area (Å²) in [4.78, 5) is 3.94. The number of nitrogens with two attached hydrogens (primary N) is 3. The van der Waals surface area contributed by atoms with Crippen molar-refractivity contribution >= 4 is 34.6 Å². The van der Waals surface area contributed by atoms with Crippen molar-refractivity contribution in [1.82, 2.24) is 10.3 Å². The van der Waals surface area contributed by atoms with E-state index in [9.17, 15) is 0 Å². The molecule has 182 valence electrons. The number of nitrogens with zero attached hydrogens (tertiary/aromatic N) is 1. The van der Waals surface area contributed by atoms with Crippen LogP contribution < -0.4 is 31.7 Å². The number of halogens is 2. The molecule has 5 rings (SSSR count). The number of anilines is 1. The van der Waals surface area contributed by atoms with Crippen molar-refractivity contribution in [3.8, 4) is 11.5 Å². The molecule has 2 aromatic carbocycles. The van der Waals surface area contributed by atoms with Crippen LogP contribution in [-0.4, -0.2) is 29.6 Å². The molecule has 1 saturated heterocycles. The Hall–Kier alpha value is -2.88. The second-order valence-electron chi connectivity index (χ2n) is 8.59. The molecule has 2 aliphatic rings. The molecule has 1 atom stereocenters. The van der Waals surface area contributed by atoms with E-state index in [-0.39, 0.29) is 0 Å². The average Bonchev–Trinajstić information content (AvgIpc) is 2.85. The van der Waals surface area contributed by atoms with Crippen LogP contribution in [0.25, 0.3) is 0 Å². The van der Waals surface area contributed by atoms with E-state index >= 15 is 0 Å². The largest absolute Gasteiger partial charge is 0.471 e. The smallest absolute Gasteiger partial charge is 0.213 e. The maximum atomic E-state index is 6.56. The first kappa shape index (κ1) is 23.8. The van der Waals surface area contributed by atoms with Gasteiger partial charge in [0.15, 0.2) is 6.23 Å². The Kier molecular flexibility index (Phi) is 6.57. The molecule has 0 saturated carbocycles. The van der Waals surface area contributed by atoms with Gasteiger partial charge in [-0.15, -0.1) is 0 Å². The molecular formula is C25H26Cl2N5O3+. The zero-order chi connectivity index (χ0) is 24.6. The van der Waals surface area contributed by atoms with Crippen LogP contribution in [0, 0.1) is 0 Å². The zero-order valence-corrected chi connectivity index (χ0v) is 20.4. The van der Waals surface area contributed by atoms with Crippen LogP contribution in [0.4, 0.5) is 5.69 Å². The van der Waals surface area contributed by atoms with Crippen LogP contribution in [0.3, 0.4) is 0 Å². The van der Waals surface area contributed by atoms with Gasteiger partial charge in [0, 0.05) is 60.7 Å². The second-order valence-corrected chi connectivity index (χ2v) is 9.41. The lowest BCUT2D eigenvalue weighted by Gasteiger charge is -2.41. The second kappa shape index (κ2) is 9.64. The van der Waals surface area contributed by atoms with E-state index in [0.29, 0.717) is 44.9 Å². The first-order chi connectivity index (χ1) is 16.8. The minimum absolute atomic E-state index is 0.316. The first-order valence-corrected chi connectivity index (χ1v) is 12.0. The zero-order valence-electron chi connectivity index (χ0n) is 18.9. The molecule has 2 aliphatic heterocycles. The lowest BCUT2D eigenvalue weighted by atomic mass is 9.97. The molecule has 1 spiro atoms. The lowest BCUT2D eigenvalue weighted by molar-refractivity contribution is -0.218. The van der Waals surface area contributed by atoms with Gasteiger partial charge in [-0.25, -0.2) is 0 Å². The van der Waals surface area contributed by atoms with Crippen molar-refractivity contribution in [3.63, 3.8) is 0 Å². The molecule has 35 heavy (non-hydrogen) atoms. The summed E-state index contributed by atoms with van der Waals surface area (Å²) in [6.07, 6.45) is 3.63. The fraction of sp³-hybridized carbons (Fsp3) is 0.280. The molecule has 3 aromatic rings. The van der Waals surface area contributed by atoms with Crippen molar-refractivity contribution in [3.05, 3.63) is 81.1 Å². The molecule has 3 heterocycles. The summed E-state index contributed by atoms with van der Waals surface area (Å²) in [5.74, 6) is 0.729. The number of fused-ring (bicyclic) bond motifs is 1. The number of pyridine rings is 1. The summed E-state index contributed by atoms with van der Waals surface area (Å²) in [6, 6.07) is 11.0. The fourth-order valence-corrected chi connectivity index (χ4v) is 4.93. The maximum Gasteiger partial charge on any atom is 0.213 e. The third-order valence-electron chi connectivity index (χ3n) is 6.28. The van der Waals surface area contributed by atoms with E-state index in [1.54, 1.807) is 18.2 Å². The van der Waals surface area contributed by atoms with E-state index in [2.05, 4.69) is 10.3 Å². The van der Waals surface area contributed by atoms with E-state index in [1.165, 1.54) is 12.4 Å². The highest BCUT2D eigenvalue weighted by Gasteiger charge is 2.39. The SMILES string of the molecule is Nc1ccc(O[C@H](N)c2c(Cl)cncc2Cl)cc1C(=[NH2+])c1ccc2c(c1)COC1(CCNCC1)O2. The summed E-state index contributed by atoms with van der Waals surface area (Å²) in [5, 5.41) is 10.5. The molecule has 1 aromatic heterocycles. The van der Waals surface area contributed by atoms with Crippen LogP contribution in [0.15, 0.2) is 48.8 Å². The highest BCUT2D eigenvalue weighted by atomic mass is 35.5. The van der Waals surface area contributed by atoms with Crippen molar-refractivity contribution in [2.75, 3.05) is 18.8 Å². The number of aromatic nitrogens is 1. The minimum Gasteiger partial charge on any atom is -0.471 e. The molecule has 1 fully saturated rings. The number of hydrogen-bond acceptors (Lipinski definition) is 7. The average molecular weight is 515 g/mol. The summed E-state index contributed by atoms with van der Waals surface area (Å²) >= 11 is 12.4. The fourth-order valence-electron chi connectivity index (χ4n) is 4.35. The summed E-state index contributed by atoms with van der Waals surface area (Å²) in [5.41, 5.74) is 16.3. The topological polar surface area (TPSA) is 130 Å². The van der Waals surface area contributed by atoms with Crippen molar-refractivity contribution < 1.29 is 19.6 Å². The van der Waals surface area contributed by atoms with Crippen molar-refractivity contribution in [2.24, 2.45) is 5.73 Å². The lowest BCUT2D eigenvalue weighted by Crippen LogP contribution is -2.50. The van der Waals surface area contributed by atoms with Crippen LogP contribution in [0.2, 0.25) is 10.0 Å². The summed E-state index contributed by atoms with van der Waals surface area (Å²) in [7, 11) is 0. The van der Waals surface area contributed by atoms with E-state index < -0.39 is 12.0 Å². The Morgan fingerprint density at radius 1 is 1.11 bits per heavy atom. The molecule has 8 nitrogen and oxygen atoms in total. The van der Waals surface area contributed by atoms with Crippen LogP contribution in [0.5, 0.6) is 11.5 Å². The van der Waals surface area contributed by atoms with Gasteiger partial charge < -0.3 is 25.3 Å². The molecular weight excluding hydrogens is 489 g/mol. The number of piperidine rings is 1. The molecule has 0 aliphatic carbocycles. The van der Waals surface area contributed by atoms with Crippen LogP contribution in [-0.2, 0) is 11.3 Å². The van der Waals surface area contributed by atoms with Crippen LogP contribution >= 0.6 is 23.2 Å².